The molecule has 3 N–H and O–H groups in total. The number of benzene rings is 2. The van der Waals surface area contributed by atoms with Gasteiger partial charge in [-0.3, -0.25) is 10.1 Å². The van der Waals surface area contributed by atoms with Crippen molar-refractivity contribution >= 4 is 29.1 Å². The van der Waals surface area contributed by atoms with Crippen molar-refractivity contribution in [3.05, 3.63) is 53.1 Å². The fourth-order valence-electron chi connectivity index (χ4n) is 3.00. The van der Waals surface area contributed by atoms with Gasteiger partial charge in [0.05, 0.1) is 13.2 Å². The first-order valence-corrected chi connectivity index (χ1v) is 9.67. The normalized spacial score (nSPS) is 10.3. The molecule has 0 radical (unpaired) electrons. The van der Waals surface area contributed by atoms with E-state index in [0.29, 0.717) is 12.3 Å². The summed E-state index contributed by atoms with van der Waals surface area (Å²) in [5, 5.41) is 8.90. The van der Waals surface area contributed by atoms with Gasteiger partial charge in [0.2, 0.25) is 5.91 Å². The van der Waals surface area contributed by atoms with Crippen LogP contribution in [0.1, 0.15) is 37.5 Å². The lowest BCUT2D eigenvalue weighted by atomic mass is 10.0. The Morgan fingerprint density at radius 3 is 2.11 bits per heavy atom. The second-order valence-electron chi connectivity index (χ2n) is 6.38. The van der Waals surface area contributed by atoms with E-state index in [0.717, 1.165) is 40.9 Å². The molecule has 0 aliphatic carbocycles. The van der Waals surface area contributed by atoms with Crippen LogP contribution >= 0.6 is 0 Å². The van der Waals surface area contributed by atoms with E-state index in [-0.39, 0.29) is 12.5 Å². The number of anilines is 3. The fraction of sp³-hybridized carbons (Fsp3) is 0.364. The summed E-state index contributed by atoms with van der Waals surface area (Å²) in [5.74, 6) is -0.112. The van der Waals surface area contributed by atoms with E-state index in [4.69, 9.17) is 4.74 Å². The van der Waals surface area contributed by atoms with E-state index >= 15 is 0 Å². The number of rotatable bonds is 8. The summed E-state index contributed by atoms with van der Waals surface area (Å²) in [7, 11) is 0. The smallest absolute Gasteiger partial charge is 0.411 e. The van der Waals surface area contributed by atoms with Gasteiger partial charge in [0.15, 0.2) is 0 Å². The molecule has 0 heterocycles. The monoisotopic (exact) mass is 383 g/mol. The number of hydrogen-bond acceptors (Lipinski definition) is 4. The highest BCUT2D eigenvalue weighted by atomic mass is 16.5. The molecule has 0 spiro atoms. The van der Waals surface area contributed by atoms with E-state index in [9.17, 15) is 9.59 Å². The summed E-state index contributed by atoms with van der Waals surface area (Å²) >= 11 is 0. The van der Waals surface area contributed by atoms with Crippen LogP contribution in [0.15, 0.2) is 36.4 Å². The van der Waals surface area contributed by atoms with Crippen LogP contribution in [-0.2, 0) is 22.4 Å². The van der Waals surface area contributed by atoms with Crippen LogP contribution in [0.25, 0.3) is 0 Å². The Hall–Kier alpha value is -3.02. The molecule has 0 fully saturated rings. The number of aryl methyl sites for hydroxylation is 2. The molecule has 6 nitrogen and oxygen atoms in total. The van der Waals surface area contributed by atoms with Gasteiger partial charge in [0.1, 0.15) is 0 Å². The molecule has 28 heavy (non-hydrogen) atoms. The van der Waals surface area contributed by atoms with Crippen molar-refractivity contribution < 1.29 is 14.3 Å². The maximum absolute atomic E-state index is 12.5. The molecule has 0 aliphatic rings. The van der Waals surface area contributed by atoms with Crippen molar-refractivity contribution in [3.8, 4) is 0 Å². The Morgan fingerprint density at radius 1 is 0.893 bits per heavy atom. The van der Waals surface area contributed by atoms with E-state index in [1.54, 1.807) is 13.0 Å². The van der Waals surface area contributed by atoms with Crippen LogP contribution in [0.4, 0.5) is 21.9 Å². The summed E-state index contributed by atoms with van der Waals surface area (Å²) in [5.41, 5.74) is 5.44. The zero-order chi connectivity index (χ0) is 20.5. The quantitative estimate of drug-likeness (QED) is 0.615. The lowest BCUT2D eigenvalue weighted by Gasteiger charge is -2.16. The Kier molecular flexibility index (Phi) is 7.87. The lowest BCUT2D eigenvalue weighted by molar-refractivity contribution is -0.114. The average Bonchev–Trinajstić information content (AvgIpc) is 2.69. The van der Waals surface area contributed by atoms with Crippen molar-refractivity contribution in [2.45, 2.75) is 40.5 Å². The first kappa shape index (κ1) is 21.3. The standard InChI is InChI=1S/C22H29N3O3/c1-5-16-10-8-11-17(6-2)21(16)25-20(26)14-23-18-12-9-13-19(15(18)4)24-22(27)28-7-3/h8-13,23H,5-7,14H2,1-4H3,(H,24,27)(H,25,26). The summed E-state index contributed by atoms with van der Waals surface area (Å²) in [4.78, 5) is 24.2. The van der Waals surface area contributed by atoms with E-state index in [1.165, 1.54) is 0 Å². The number of amides is 2. The first-order chi connectivity index (χ1) is 13.5. The summed E-state index contributed by atoms with van der Waals surface area (Å²) in [6.07, 6.45) is 1.22. The SMILES string of the molecule is CCOC(=O)Nc1cccc(NCC(=O)Nc2c(CC)cccc2CC)c1C. The highest BCUT2D eigenvalue weighted by Gasteiger charge is 2.12. The van der Waals surface area contributed by atoms with Crippen LogP contribution < -0.4 is 16.0 Å². The van der Waals surface area contributed by atoms with Gasteiger partial charge in [0, 0.05) is 17.1 Å². The zero-order valence-corrected chi connectivity index (χ0v) is 17.0. The summed E-state index contributed by atoms with van der Waals surface area (Å²) in [6, 6.07) is 11.6. The third-order valence-electron chi connectivity index (χ3n) is 4.55. The number of nitrogens with one attached hydrogen (secondary N) is 3. The largest absolute Gasteiger partial charge is 0.450 e. The lowest BCUT2D eigenvalue weighted by Crippen LogP contribution is -2.23. The van der Waals surface area contributed by atoms with Crippen molar-refractivity contribution in [3.63, 3.8) is 0 Å². The average molecular weight is 383 g/mol. The van der Waals surface area contributed by atoms with Crippen molar-refractivity contribution in [1.82, 2.24) is 0 Å². The zero-order valence-electron chi connectivity index (χ0n) is 17.0. The van der Waals surface area contributed by atoms with Gasteiger partial charge >= 0.3 is 6.09 Å². The molecule has 0 unspecified atom stereocenters. The number of carbonyl (C=O) groups is 2. The second kappa shape index (κ2) is 10.3. The van der Waals surface area contributed by atoms with E-state index in [2.05, 4.69) is 29.8 Å². The predicted octanol–water partition coefficient (Wildman–Crippen LogP) is 4.74. The van der Waals surface area contributed by atoms with Gasteiger partial charge in [-0.1, -0.05) is 38.1 Å². The fourth-order valence-corrected chi connectivity index (χ4v) is 3.00. The molecule has 0 bridgehead atoms. The molecule has 0 saturated heterocycles. The number of hydrogen-bond donors (Lipinski definition) is 3. The summed E-state index contributed by atoms with van der Waals surface area (Å²) < 4.78 is 4.91. The number of ether oxygens (including phenoxy) is 1. The molecular formula is C22H29N3O3. The van der Waals surface area contributed by atoms with Crippen molar-refractivity contribution in [1.29, 1.82) is 0 Å². The molecule has 6 heteroatoms. The molecular weight excluding hydrogens is 354 g/mol. The Balaban J connectivity index is 2.05. The molecule has 2 aromatic carbocycles. The minimum absolute atomic E-state index is 0.112. The molecule has 0 atom stereocenters. The molecule has 150 valence electrons. The minimum Gasteiger partial charge on any atom is -0.450 e. The Morgan fingerprint density at radius 2 is 1.50 bits per heavy atom. The van der Waals surface area contributed by atoms with Crippen LogP contribution in [0.2, 0.25) is 0 Å². The molecule has 2 aromatic rings. The summed E-state index contributed by atoms with van der Waals surface area (Å²) in [6.45, 7) is 8.22. The van der Waals surface area contributed by atoms with Gasteiger partial charge in [-0.25, -0.2) is 4.79 Å². The van der Waals surface area contributed by atoms with Gasteiger partial charge in [-0.05, 0) is 55.5 Å². The number of para-hydroxylation sites is 1. The van der Waals surface area contributed by atoms with E-state index < -0.39 is 6.09 Å². The second-order valence-corrected chi connectivity index (χ2v) is 6.38. The van der Waals surface area contributed by atoms with Crippen LogP contribution in [-0.4, -0.2) is 25.2 Å². The van der Waals surface area contributed by atoms with Crippen molar-refractivity contribution in [2.75, 3.05) is 29.1 Å². The third-order valence-corrected chi connectivity index (χ3v) is 4.55. The topological polar surface area (TPSA) is 79.5 Å². The van der Waals surface area contributed by atoms with E-state index in [1.807, 2.05) is 37.3 Å². The Labute approximate surface area is 166 Å². The van der Waals surface area contributed by atoms with Crippen LogP contribution in [0, 0.1) is 6.92 Å². The van der Waals surface area contributed by atoms with Gasteiger partial charge < -0.3 is 15.4 Å². The maximum Gasteiger partial charge on any atom is 0.411 e. The molecule has 0 saturated carbocycles. The van der Waals surface area contributed by atoms with Crippen LogP contribution in [0.3, 0.4) is 0 Å². The maximum atomic E-state index is 12.5. The van der Waals surface area contributed by atoms with Gasteiger partial charge in [0.25, 0.3) is 0 Å². The highest BCUT2D eigenvalue weighted by Crippen LogP contribution is 2.24. The Bertz CT molecular complexity index is 812. The predicted molar refractivity (Wildman–Crippen MR) is 114 cm³/mol. The molecule has 0 aliphatic heterocycles. The van der Waals surface area contributed by atoms with Gasteiger partial charge in [-0.2, -0.15) is 0 Å². The minimum atomic E-state index is -0.497. The molecule has 2 rings (SSSR count). The third kappa shape index (κ3) is 5.49. The molecule has 2 amide bonds. The van der Waals surface area contributed by atoms with Crippen LogP contribution in [0.5, 0.6) is 0 Å². The highest BCUT2D eigenvalue weighted by molar-refractivity contribution is 5.95. The molecule has 0 aromatic heterocycles. The first-order valence-electron chi connectivity index (χ1n) is 9.67. The van der Waals surface area contributed by atoms with Gasteiger partial charge in [-0.15, -0.1) is 0 Å². The van der Waals surface area contributed by atoms with Crippen molar-refractivity contribution in [2.24, 2.45) is 0 Å². The number of carbonyl (C=O) groups excluding carboxylic acids is 2.